The molecule has 0 amide bonds. The van der Waals surface area contributed by atoms with Crippen LogP contribution in [0.3, 0.4) is 0 Å². The average molecular weight is 434 g/mol. The summed E-state index contributed by atoms with van der Waals surface area (Å²) in [5.74, 6) is 0.911. The van der Waals surface area contributed by atoms with Gasteiger partial charge in [0.2, 0.25) is 0 Å². The first-order chi connectivity index (χ1) is 15.1. The van der Waals surface area contributed by atoms with Gasteiger partial charge in [0.05, 0.1) is 5.69 Å². The molecule has 0 N–H and O–H groups in total. The van der Waals surface area contributed by atoms with Crippen molar-refractivity contribution in [3.8, 4) is 5.75 Å². The monoisotopic (exact) mass is 433 g/mol. The summed E-state index contributed by atoms with van der Waals surface area (Å²) in [4.78, 5) is 4.73. The molecule has 1 unspecified atom stereocenters. The van der Waals surface area contributed by atoms with Gasteiger partial charge >= 0.3 is 0 Å². The fourth-order valence-electron chi connectivity index (χ4n) is 3.85. The smallest absolute Gasteiger partial charge is 0.188 e. The second-order valence-corrected chi connectivity index (χ2v) is 9.30. The number of aryl methyl sites for hydroxylation is 1. The molecule has 31 heavy (non-hydrogen) atoms. The van der Waals surface area contributed by atoms with Gasteiger partial charge in [-0.3, -0.25) is 4.99 Å². The number of benzene rings is 3. The molecule has 4 heteroatoms. The van der Waals surface area contributed by atoms with Crippen molar-refractivity contribution in [2.75, 3.05) is 13.9 Å². The highest BCUT2D eigenvalue weighted by Crippen LogP contribution is 2.50. The minimum Gasteiger partial charge on any atom is -0.467 e. The third kappa shape index (κ3) is 5.61. The molecule has 0 aliphatic heterocycles. The molecule has 162 valence electrons. The third-order valence-corrected chi connectivity index (χ3v) is 8.11. The minimum absolute atomic E-state index is 0.00815. The van der Waals surface area contributed by atoms with Crippen LogP contribution >= 0.6 is 8.58 Å². The zero-order valence-electron chi connectivity index (χ0n) is 18.9. The Labute approximate surface area is 188 Å². The zero-order valence-corrected chi connectivity index (χ0v) is 19.9. The van der Waals surface area contributed by atoms with Gasteiger partial charge in [0.25, 0.3) is 0 Å². The van der Waals surface area contributed by atoms with E-state index in [4.69, 9.17) is 14.5 Å². The van der Waals surface area contributed by atoms with E-state index in [-0.39, 0.29) is 11.9 Å². The van der Waals surface area contributed by atoms with Gasteiger partial charge < -0.3 is 9.47 Å². The van der Waals surface area contributed by atoms with Gasteiger partial charge in [0.1, 0.15) is 5.75 Å². The summed E-state index contributed by atoms with van der Waals surface area (Å²) in [7, 11) is 2.25. The van der Waals surface area contributed by atoms with E-state index >= 15 is 0 Å². The third-order valence-electron chi connectivity index (χ3n) is 5.72. The summed E-state index contributed by atoms with van der Waals surface area (Å²) in [6.45, 7) is 7.01. The first-order valence-corrected chi connectivity index (χ1v) is 11.8. The fraction of sp³-hybridized carbons (Fsp3) is 0.296. The normalized spacial score (nSPS) is 12.1. The van der Waals surface area contributed by atoms with Crippen LogP contribution in [0.15, 0.2) is 77.8 Å². The van der Waals surface area contributed by atoms with E-state index in [0.29, 0.717) is 8.58 Å². The summed E-state index contributed by atoms with van der Waals surface area (Å²) in [5.41, 5.74) is 4.71. The predicted octanol–water partition coefficient (Wildman–Crippen LogP) is 6.75. The van der Waals surface area contributed by atoms with Crippen LogP contribution in [-0.4, -0.2) is 20.1 Å². The van der Waals surface area contributed by atoms with Crippen molar-refractivity contribution >= 4 is 25.8 Å². The quantitative estimate of drug-likeness (QED) is 0.201. The van der Waals surface area contributed by atoms with Crippen LogP contribution in [0.5, 0.6) is 5.75 Å². The van der Waals surface area contributed by atoms with Crippen molar-refractivity contribution in [3.63, 3.8) is 0 Å². The number of ether oxygens (including phenoxy) is 2. The van der Waals surface area contributed by atoms with E-state index in [9.17, 15) is 0 Å². The van der Waals surface area contributed by atoms with Crippen LogP contribution < -0.4 is 10.0 Å². The molecular formula is C27H32NO2P. The molecule has 3 rings (SSSR count). The molecule has 0 aliphatic rings. The molecule has 1 atom stereocenters. The van der Waals surface area contributed by atoms with E-state index in [1.165, 1.54) is 22.0 Å². The number of aliphatic imine (C=N–C) groups is 1. The average Bonchev–Trinajstić information content (AvgIpc) is 2.82. The van der Waals surface area contributed by atoms with Gasteiger partial charge in [0.15, 0.2) is 6.79 Å². The maximum absolute atomic E-state index is 5.96. The maximum Gasteiger partial charge on any atom is 0.188 e. The summed E-state index contributed by atoms with van der Waals surface area (Å²) in [6, 6.07) is 25.0. The molecule has 0 spiro atoms. The Balaban J connectivity index is 2.02. The molecule has 0 saturated heterocycles. The SMILES string of the molecule is CCC(CC)(Pc1c(C)cccc1/C=N/c1ccccc1)c1ccccc1OCOC. The number of hydrogen-bond acceptors (Lipinski definition) is 3. The molecule has 0 fully saturated rings. The number of methoxy groups -OCH3 is 1. The molecule has 0 aliphatic carbocycles. The van der Waals surface area contributed by atoms with Crippen LogP contribution in [-0.2, 0) is 9.89 Å². The summed E-state index contributed by atoms with van der Waals surface area (Å²) in [6.07, 6.45) is 4.06. The Morgan fingerprint density at radius 2 is 1.61 bits per heavy atom. The number of rotatable bonds is 10. The number of para-hydroxylation sites is 2. The zero-order chi connectivity index (χ0) is 22.1. The van der Waals surface area contributed by atoms with Gasteiger partial charge in [0, 0.05) is 29.6 Å². The van der Waals surface area contributed by atoms with Gasteiger partial charge in [-0.2, -0.15) is 0 Å². The number of hydrogen-bond donors (Lipinski definition) is 0. The van der Waals surface area contributed by atoms with Crippen LogP contribution in [0.2, 0.25) is 0 Å². The van der Waals surface area contributed by atoms with E-state index < -0.39 is 0 Å². The Morgan fingerprint density at radius 1 is 0.903 bits per heavy atom. The summed E-state index contributed by atoms with van der Waals surface area (Å²) < 4.78 is 11.1. The van der Waals surface area contributed by atoms with Crippen LogP contribution in [0.4, 0.5) is 5.69 Å². The Bertz CT molecular complexity index is 997. The van der Waals surface area contributed by atoms with E-state index in [1.54, 1.807) is 7.11 Å². The lowest BCUT2D eigenvalue weighted by Crippen LogP contribution is -2.25. The molecule has 0 aromatic heterocycles. The van der Waals surface area contributed by atoms with E-state index in [0.717, 1.165) is 24.3 Å². The van der Waals surface area contributed by atoms with Crippen molar-refractivity contribution < 1.29 is 9.47 Å². The second-order valence-electron chi connectivity index (χ2n) is 7.59. The van der Waals surface area contributed by atoms with Gasteiger partial charge in [-0.1, -0.05) is 77.0 Å². The summed E-state index contributed by atoms with van der Waals surface area (Å²) in [5, 5.41) is 1.36. The van der Waals surface area contributed by atoms with Crippen molar-refractivity contribution in [1.29, 1.82) is 0 Å². The van der Waals surface area contributed by atoms with Crippen molar-refractivity contribution in [2.45, 2.75) is 38.8 Å². The van der Waals surface area contributed by atoms with E-state index in [1.807, 2.05) is 42.6 Å². The van der Waals surface area contributed by atoms with Crippen LogP contribution in [0.25, 0.3) is 0 Å². The Hall–Kier alpha value is -2.48. The minimum atomic E-state index is -0.00815. The molecular weight excluding hydrogens is 401 g/mol. The highest BCUT2D eigenvalue weighted by molar-refractivity contribution is 7.49. The molecule has 3 aromatic rings. The first-order valence-electron chi connectivity index (χ1n) is 10.8. The molecule has 0 bridgehead atoms. The highest BCUT2D eigenvalue weighted by atomic mass is 31.1. The van der Waals surface area contributed by atoms with Gasteiger partial charge in [-0.15, -0.1) is 0 Å². The lowest BCUT2D eigenvalue weighted by molar-refractivity contribution is 0.0499. The van der Waals surface area contributed by atoms with Crippen LogP contribution in [0, 0.1) is 6.92 Å². The molecule has 3 aromatic carbocycles. The number of nitrogens with zero attached hydrogens (tertiary/aromatic N) is 1. The summed E-state index contributed by atoms with van der Waals surface area (Å²) >= 11 is 0. The van der Waals surface area contributed by atoms with Crippen LogP contribution in [0.1, 0.15) is 43.4 Å². The van der Waals surface area contributed by atoms with Crippen molar-refractivity contribution in [3.05, 3.63) is 89.5 Å². The molecule has 3 nitrogen and oxygen atoms in total. The maximum atomic E-state index is 5.96. The van der Waals surface area contributed by atoms with Crippen molar-refractivity contribution in [2.24, 2.45) is 4.99 Å². The highest BCUT2D eigenvalue weighted by Gasteiger charge is 2.33. The van der Waals surface area contributed by atoms with E-state index in [2.05, 4.69) is 57.2 Å². The van der Waals surface area contributed by atoms with Gasteiger partial charge in [-0.05, 0) is 48.8 Å². The predicted molar refractivity (Wildman–Crippen MR) is 134 cm³/mol. The molecule has 0 saturated carbocycles. The molecule has 0 heterocycles. The fourth-order valence-corrected chi connectivity index (χ4v) is 5.60. The largest absolute Gasteiger partial charge is 0.467 e. The Kier molecular flexibility index (Phi) is 8.40. The Morgan fingerprint density at radius 3 is 2.32 bits per heavy atom. The topological polar surface area (TPSA) is 30.8 Å². The molecule has 0 radical (unpaired) electrons. The first kappa shape index (κ1) is 23.2. The van der Waals surface area contributed by atoms with Crippen molar-refractivity contribution in [1.82, 2.24) is 0 Å². The van der Waals surface area contributed by atoms with Gasteiger partial charge in [-0.25, -0.2) is 0 Å². The lowest BCUT2D eigenvalue weighted by atomic mass is 9.92. The lowest BCUT2D eigenvalue weighted by Gasteiger charge is -2.35. The standard InChI is InChI=1S/C27H32NO2P/c1-5-27(6-2,24-17-10-11-18-25(24)30-20-29-4)31-26-21(3)13-12-14-22(26)19-28-23-15-8-7-9-16-23/h7-19,31H,5-6,20H2,1-4H3/b28-19+. The second kappa shape index (κ2) is 11.2.